The van der Waals surface area contributed by atoms with Crippen molar-refractivity contribution in [1.29, 1.82) is 0 Å². The minimum atomic E-state index is -0.0252. The fourth-order valence-electron chi connectivity index (χ4n) is 4.75. The van der Waals surface area contributed by atoms with Gasteiger partial charge in [0.1, 0.15) is 12.9 Å². The van der Waals surface area contributed by atoms with Gasteiger partial charge in [-0.2, -0.15) is 0 Å². The fraction of sp³-hybridized carbons (Fsp3) is 0.400. The highest BCUT2D eigenvalue weighted by Crippen LogP contribution is 2.39. The van der Waals surface area contributed by atoms with Gasteiger partial charge in [0.15, 0.2) is 0 Å². The summed E-state index contributed by atoms with van der Waals surface area (Å²) in [5, 5.41) is 7.55. The number of rotatable bonds is 3. The van der Waals surface area contributed by atoms with E-state index in [1.165, 1.54) is 5.57 Å². The van der Waals surface area contributed by atoms with Crippen LogP contribution in [-0.4, -0.2) is 36.9 Å². The number of oxime groups is 1. The molecule has 1 aliphatic carbocycles. The number of hydrogen-bond donors (Lipinski definition) is 1. The van der Waals surface area contributed by atoms with E-state index in [2.05, 4.69) is 39.7 Å². The van der Waals surface area contributed by atoms with Crippen LogP contribution in [0.15, 0.2) is 47.8 Å². The zero-order chi connectivity index (χ0) is 21.9. The lowest BCUT2D eigenvalue weighted by Gasteiger charge is -2.30. The maximum absolute atomic E-state index is 13.8. The Kier molecular flexibility index (Phi) is 5.90. The number of carbonyl (C=O) groups excluding carboxylic acids is 1. The van der Waals surface area contributed by atoms with Gasteiger partial charge in [-0.25, -0.2) is 4.98 Å². The number of nitrogens with one attached hydrogen (secondary N) is 1. The van der Waals surface area contributed by atoms with Gasteiger partial charge in [0.2, 0.25) is 5.91 Å². The van der Waals surface area contributed by atoms with Crippen LogP contribution >= 0.6 is 0 Å². The zero-order valence-corrected chi connectivity index (χ0v) is 18.3. The third-order valence-electron chi connectivity index (χ3n) is 6.49. The van der Waals surface area contributed by atoms with Gasteiger partial charge in [-0.3, -0.25) is 4.79 Å². The highest BCUT2D eigenvalue weighted by molar-refractivity contribution is 6.01. The molecule has 7 nitrogen and oxygen atoms in total. The van der Waals surface area contributed by atoms with Crippen molar-refractivity contribution in [2.75, 3.05) is 30.5 Å². The summed E-state index contributed by atoms with van der Waals surface area (Å²) in [6.07, 6.45) is 7.98. The lowest BCUT2D eigenvalue weighted by Crippen LogP contribution is -2.37. The molecule has 1 amide bonds. The number of hydrogen-bond acceptors (Lipinski definition) is 6. The molecule has 3 aliphatic rings. The summed E-state index contributed by atoms with van der Waals surface area (Å²) >= 11 is 0. The SMILES string of the molecule is CON=C1CCC(C(=O)N2Cc3cccnc3Nc3ccc(C4=CCOCC4)cc32)CC1. The Morgan fingerprint density at radius 1 is 1.25 bits per heavy atom. The van der Waals surface area contributed by atoms with Crippen molar-refractivity contribution in [3.8, 4) is 0 Å². The predicted octanol–water partition coefficient (Wildman–Crippen LogP) is 4.67. The average Bonchev–Trinajstić information content (AvgIpc) is 3.01. The van der Waals surface area contributed by atoms with Gasteiger partial charge >= 0.3 is 0 Å². The Bertz CT molecular complexity index is 1070. The maximum Gasteiger partial charge on any atom is 0.230 e. The van der Waals surface area contributed by atoms with Crippen LogP contribution in [-0.2, 0) is 20.9 Å². The summed E-state index contributed by atoms with van der Waals surface area (Å²) in [4.78, 5) is 25.2. The van der Waals surface area contributed by atoms with Gasteiger partial charge < -0.3 is 19.8 Å². The first-order valence-corrected chi connectivity index (χ1v) is 11.3. The van der Waals surface area contributed by atoms with E-state index in [0.29, 0.717) is 13.2 Å². The van der Waals surface area contributed by atoms with Gasteiger partial charge in [0.25, 0.3) is 0 Å². The van der Waals surface area contributed by atoms with Crippen molar-refractivity contribution < 1.29 is 14.4 Å². The van der Waals surface area contributed by atoms with E-state index in [0.717, 1.165) is 72.7 Å². The van der Waals surface area contributed by atoms with Crippen molar-refractivity contribution in [3.63, 3.8) is 0 Å². The van der Waals surface area contributed by atoms with Crippen LogP contribution in [0.4, 0.5) is 17.2 Å². The Morgan fingerprint density at radius 3 is 2.91 bits per heavy atom. The van der Waals surface area contributed by atoms with Gasteiger partial charge in [0, 0.05) is 17.7 Å². The van der Waals surface area contributed by atoms with Crippen molar-refractivity contribution in [1.82, 2.24) is 4.98 Å². The molecule has 1 aromatic carbocycles. The molecule has 2 aromatic rings. The summed E-state index contributed by atoms with van der Waals surface area (Å²) < 4.78 is 5.48. The van der Waals surface area contributed by atoms with E-state index < -0.39 is 0 Å². The maximum atomic E-state index is 13.8. The first kappa shape index (κ1) is 20.7. The monoisotopic (exact) mass is 432 g/mol. The quantitative estimate of drug-likeness (QED) is 0.714. The molecule has 0 radical (unpaired) electrons. The predicted molar refractivity (Wildman–Crippen MR) is 125 cm³/mol. The van der Waals surface area contributed by atoms with Gasteiger partial charge in [0.05, 0.1) is 36.8 Å². The summed E-state index contributed by atoms with van der Waals surface area (Å²) in [6, 6.07) is 10.3. The second-order valence-electron chi connectivity index (χ2n) is 8.46. The molecule has 1 fully saturated rings. The second kappa shape index (κ2) is 9.12. The van der Waals surface area contributed by atoms with Crippen LogP contribution in [0.25, 0.3) is 5.57 Å². The smallest absolute Gasteiger partial charge is 0.230 e. The molecule has 32 heavy (non-hydrogen) atoms. The molecule has 166 valence electrons. The normalized spacial score (nSPS) is 20.3. The molecule has 0 spiro atoms. The Balaban J connectivity index is 1.50. The molecule has 0 unspecified atom stereocenters. The number of fused-ring (bicyclic) bond motifs is 2. The van der Waals surface area contributed by atoms with Crippen LogP contribution in [0.3, 0.4) is 0 Å². The first-order valence-electron chi connectivity index (χ1n) is 11.3. The second-order valence-corrected chi connectivity index (χ2v) is 8.46. The number of amides is 1. The topological polar surface area (TPSA) is 76.0 Å². The molecule has 0 atom stereocenters. The van der Waals surface area contributed by atoms with Crippen molar-refractivity contribution in [2.24, 2.45) is 11.1 Å². The van der Waals surface area contributed by atoms with E-state index in [9.17, 15) is 4.79 Å². The summed E-state index contributed by atoms with van der Waals surface area (Å²) in [6.45, 7) is 1.87. The fourth-order valence-corrected chi connectivity index (χ4v) is 4.75. The molecule has 1 saturated carbocycles. The van der Waals surface area contributed by atoms with Crippen molar-refractivity contribution in [2.45, 2.75) is 38.6 Å². The molecule has 5 rings (SSSR count). The molecule has 2 aliphatic heterocycles. The Labute approximate surface area is 188 Å². The van der Waals surface area contributed by atoms with Crippen LogP contribution in [0.2, 0.25) is 0 Å². The number of nitrogens with zero attached hydrogens (tertiary/aromatic N) is 3. The van der Waals surface area contributed by atoms with E-state index in [4.69, 9.17) is 9.57 Å². The molecule has 0 saturated heterocycles. The number of pyridine rings is 1. The molecule has 0 bridgehead atoms. The van der Waals surface area contributed by atoms with Gasteiger partial charge in [-0.05, 0) is 61.4 Å². The zero-order valence-electron chi connectivity index (χ0n) is 18.3. The lowest BCUT2D eigenvalue weighted by atomic mass is 9.86. The van der Waals surface area contributed by atoms with Gasteiger partial charge in [-0.15, -0.1) is 0 Å². The summed E-state index contributed by atoms with van der Waals surface area (Å²) in [5.74, 6) is 0.947. The van der Waals surface area contributed by atoms with Crippen LogP contribution in [0, 0.1) is 5.92 Å². The van der Waals surface area contributed by atoms with Gasteiger partial charge in [-0.1, -0.05) is 23.4 Å². The highest BCUT2D eigenvalue weighted by atomic mass is 16.6. The molecule has 1 aromatic heterocycles. The number of carbonyl (C=O) groups is 1. The molecular formula is C25H28N4O3. The van der Waals surface area contributed by atoms with Crippen LogP contribution in [0.1, 0.15) is 43.2 Å². The molecule has 7 heteroatoms. The molecular weight excluding hydrogens is 404 g/mol. The number of anilines is 3. The standard InChI is InChI=1S/C25H28N4O3/c1-31-28-21-7-4-18(5-8-21)25(30)29-16-20-3-2-12-26-24(20)27-22-9-6-19(15-23(22)29)17-10-13-32-14-11-17/h2-3,6,9-10,12,15,18H,4-5,7-8,11,13-14,16H2,1H3,(H,26,27). The third kappa shape index (κ3) is 4.12. The minimum Gasteiger partial charge on any atom is -0.399 e. The largest absolute Gasteiger partial charge is 0.399 e. The third-order valence-corrected chi connectivity index (χ3v) is 6.49. The van der Waals surface area contributed by atoms with E-state index in [1.54, 1.807) is 13.3 Å². The Morgan fingerprint density at radius 2 is 2.12 bits per heavy atom. The first-order chi connectivity index (χ1) is 15.7. The van der Waals surface area contributed by atoms with Crippen molar-refractivity contribution in [3.05, 3.63) is 53.7 Å². The average molecular weight is 433 g/mol. The van der Waals surface area contributed by atoms with E-state index >= 15 is 0 Å². The minimum absolute atomic E-state index is 0.0252. The van der Waals surface area contributed by atoms with Crippen LogP contribution < -0.4 is 10.2 Å². The van der Waals surface area contributed by atoms with E-state index in [1.807, 2.05) is 17.0 Å². The number of ether oxygens (including phenoxy) is 1. The Hall–Kier alpha value is -3.19. The molecule has 3 heterocycles. The summed E-state index contributed by atoms with van der Waals surface area (Å²) in [7, 11) is 1.57. The lowest BCUT2D eigenvalue weighted by molar-refractivity contribution is -0.123. The van der Waals surface area contributed by atoms with Crippen LogP contribution in [0.5, 0.6) is 0 Å². The summed E-state index contributed by atoms with van der Waals surface area (Å²) in [5.41, 5.74) is 6.28. The van der Waals surface area contributed by atoms with E-state index in [-0.39, 0.29) is 11.8 Å². The molecule has 1 N–H and O–H groups in total. The van der Waals surface area contributed by atoms with Crippen molar-refractivity contribution >= 4 is 34.4 Å². The number of benzene rings is 1. The highest BCUT2D eigenvalue weighted by Gasteiger charge is 2.32. The number of aromatic nitrogens is 1.